The predicted octanol–water partition coefficient (Wildman–Crippen LogP) is 4.15. The first-order chi connectivity index (χ1) is 8.66. The van der Waals surface area contributed by atoms with Crippen molar-refractivity contribution in [3.63, 3.8) is 0 Å². The quantitative estimate of drug-likeness (QED) is 0.683. The molecule has 0 atom stereocenters. The molecule has 0 saturated carbocycles. The average molecular weight is 320 g/mol. The van der Waals surface area contributed by atoms with Crippen molar-refractivity contribution in [2.45, 2.75) is 6.92 Å². The van der Waals surface area contributed by atoms with E-state index in [2.05, 4.69) is 45.0 Å². The Labute approximate surface area is 118 Å². The van der Waals surface area contributed by atoms with E-state index in [9.17, 15) is 0 Å². The summed E-state index contributed by atoms with van der Waals surface area (Å²) in [6, 6.07) is 10.0. The van der Waals surface area contributed by atoms with Crippen LogP contribution in [-0.2, 0) is 0 Å². The van der Waals surface area contributed by atoms with Crippen LogP contribution in [0, 0.1) is 11.7 Å². The molecule has 0 unspecified atom stereocenters. The van der Waals surface area contributed by atoms with Gasteiger partial charge < -0.3 is 4.98 Å². The molecule has 0 aliphatic heterocycles. The zero-order valence-corrected chi connectivity index (χ0v) is 12.0. The van der Waals surface area contributed by atoms with E-state index < -0.39 is 0 Å². The van der Waals surface area contributed by atoms with Crippen LogP contribution in [0.2, 0.25) is 0 Å². The first kappa shape index (κ1) is 11.6. The highest BCUT2D eigenvalue weighted by atomic mass is 79.9. The van der Waals surface area contributed by atoms with Crippen molar-refractivity contribution in [1.29, 1.82) is 0 Å². The summed E-state index contributed by atoms with van der Waals surface area (Å²) in [6.45, 7) is 2.06. The number of rotatable bonds is 1. The lowest BCUT2D eigenvalue weighted by atomic mass is 10.2. The highest BCUT2D eigenvalue weighted by Gasteiger charge is 2.09. The van der Waals surface area contributed by atoms with Crippen molar-refractivity contribution in [3.8, 4) is 5.69 Å². The standard InChI is InChI=1S/C13H10BrN3S/c1-8-4-5-11(9(14)7-8)17-12-10(16-13(17)18)3-2-6-15-12/h2-7H,1H3,(H,16,18). The lowest BCUT2D eigenvalue weighted by Gasteiger charge is -2.07. The molecule has 3 rings (SSSR count). The van der Waals surface area contributed by atoms with Gasteiger partial charge >= 0.3 is 0 Å². The fourth-order valence-electron chi connectivity index (χ4n) is 1.96. The Bertz CT molecular complexity index is 788. The van der Waals surface area contributed by atoms with E-state index in [1.54, 1.807) is 6.20 Å². The van der Waals surface area contributed by atoms with Gasteiger partial charge in [0.05, 0.1) is 11.2 Å². The molecule has 0 bridgehead atoms. The van der Waals surface area contributed by atoms with Gasteiger partial charge in [-0.3, -0.25) is 4.57 Å². The van der Waals surface area contributed by atoms with Gasteiger partial charge in [0.1, 0.15) is 0 Å². The third-order valence-corrected chi connectivity index (χ3v) is 3.71. The highest BCUT2D eigenvalue weighted by molar-refractivity contribution is 9.10. The Hall–Kier alpha value is -1.46. The predicted molar refractivity (Wildman–Crippen MR) is 78.7 cm³/mol. The largest absolute Gasteiger partial charge is 0.329 e. The Morgan fingerprint density at radius 2 is 2.17 bits per heavy atom. The van der Waals surface area contributed by atoms with E-state index in [4.69, 9.17) is 12.2 Å². The second kappa shape index (κ2) is 4.33. The Balaban J connectivity index is 2.38. The van der Waals surface area contributed by atoms with E-state index >= 15 is 0 Å². The molecular formula is C13H10BrN3S. The Kier molecular flexibility index (Phi) is 2.80. The SMILES string of the molecule is Cc1ccc(-n2c(=S)[nH]c3cccnc32)c(Br)c1. The smallest absolute Gasteiger partial charge is 0.184 e. The maximum absolute atomic E-state index is 5.37. The number of imidazole rings is 1. The molecule has 18 heavy (non-hydrogen) atoms. The third kappa shape index (κ3) is 1.79. The van der Waals surface area contributed by atoms with E-state index in [1.807, 2.05) is 22.8 Å². The molecule has 5 heteroatoms. The summed E-state index contributed by atoms with van der Waals surface area (Å²) in [5.41, 5.74) is 3.97. The van der Waals surface area contributed by atoms with Crippen LogP contribution in [0.15, 0.2) is 41.0 Å². The molecule has 0 aliphatic rings. The lowest BCUT2D eigenvalue weighted by molar-refractivity contribution is 1.03. The maximum Gasteiger partial charge on any atom is 0.184 e. The second-order valence-corrected chi connectivity index (χ2v) is 5.34. The first-order valence-corrected chi connectivity index (χ1v) is 6.69. The summed E-state index contributed by atoms with van der Waals surface area (Å²) in [5, 5.41) is 0. The number of hydrogen-bond acceptors (Lipinski definition) is 2. The molecule has 2 heterocycles. The van der Waals surface area contributed by atoms with Crippen molar-refractivity contribution < 1.29 is 0 Å². The van der Waals surface area contributed by atoms with Crippen LogP contribution in [-0.4, -0.2) is 14.5 Å². The number of hydrogen-bond donors (Lipinski definition) is 1. The number of nitrogens with one attached hydrogen (secondary N) is 1. The zero-order chi connectivity index (χ0) is 12.7. The van der Waals surface area contributed by atoms with E-state index in [0.29, 0.717) is 4.77 Å². The van der Waals surface area contributed by atoms with Gasteiger partial charge in [-0.25, -0.2) is 4.98 Å². The molecule has 2 aromatic heterocycles. The topological polar surface area (TPSA) is 33.6 Å². The van der Waals surface area contributed by atoms with Crippen molar-refractivity contribution in [2.24, 2.45) is 0 Å². The number of fused-ring (bicyclic) bond motifs is 1. The minimum atomic E-state index is 0.647. The van der Waals surface area contributed by atoms with Gasteiger partial charge in [-0.05, 0) is 64.9 Å². The summed E-state index contributed by atoms with van der Waals surface area (Å²) in [6.07, 6.45) is 1.77. The van der Waals surface area contributed by atoms with Gasteiger partial charge in [0.2, 0.25) is 0 Å². The summed E-state index contributed by atoms with van der Waals surface area (Å²) >= 11 is 8.95. The summed E-state index contributed by atoms with van der Waals surface area (Å²) in [5.74, 6) is 0. The number of aromatic nitrogens is 3. The number of halogens is 1. The van der Waals surface area contributed by atoms with Crippen molar-refractivity contribution in [2.75, 3.05) is 0 Å². The van der Waals surface area contributed by atoms with E-state index in [-0.39, 0.29) is 0 Å². The van der Waals surface area contributed by atoms with Crippen LogP contribution in [0.4, 0.5) is 0 Å². The van der Waals surface area contributed by atoms with Crippen LogP contribution in [0.25, 0.3) is 16.9 Å². The number of benzene rings is 1. The van der Waals surface area contributed by atoms with Gasteiger partial charge in [-0.15, -0.1) is 0 Å². The number of nitrogens with zero attached hydrogens (tertiary/aromatic N) is 2. The molecule has 0 aliphatic carbocycles. The summed E-state index contributed by atoms with van der Waals surface area (Å²) < 4.78 is 3.59. The lowest BCUT2D eigenvalue weighted by Crippen LogP contribution is -1.96. The van der Waals surface area contributed by atoms with Gasteiger partial charge in [-0.2, -0.15) is 0 Å². The molecule has 0 radical (unpaired) electrons. The molecule has 0 fully saturated rings. The molecular weight excluding hydrogens is 310 g/mol. The van der Waals surface area contributed by atoms with Crippen LogP contribution in [0.5, 0.6) is 0 Å². The van der Waals surface area contributed by atoms with Crippen molar-refractivity contribution in [1.82, 2.24) is 14.5 Å². The average Bonchev–Trinajstić information content (AvgIpc) is 2.66. The fourth-order valence-corrected chi connectivity index (χ4v) is 2.92. The van der Waals surface area contributed by atoms with Crippen LogP contribution in [0.1, 0.15) is 5.56 Å². The zero-order valence-electron chi connectivity index (χ0n) is 9.64. The van der Waals surface area contributed by atoms with Crippen molar-refractivity contribution >= 4 is 39.3 Å². The third-order valence-electron chi connectivity index (χ3n) is 2.79. The van der Waals surface area contributed by atoms with Gasteiger partial charge in [0.15, 0.2) is 10.4 Å². The molecule has 3 nitrogen and oxygen atoms in total. The molecule has 90 valence electrons. The van der Waals surface area contributed by atoms with Crippen molar-refractivity contribution in [3.05, 3.63) is 51.3 Å². The maximum atomic E-state index is 5.37. The summed E-state index contributed by atoms with van der Waals surface area (Å²) in [4.78, 5) is 7.55. The molecule has 0 saturated heterocycles. The molecule has 1 N–H and O–H groups in total. The Morgan fingerprint density at radius 3 is 2.94 bits per heavy atom. The fraction of sp³-hybridized carbons (Fsp3) is 0.0769. The van der Waals surface area contributed by atoms with Gasteiger partial charge in [0, 0.05) is 10.7 Å². The van der Waals surface area contributed by atoms with Crippen LogP contribution >= 0.6 is 28.1 Å². The number of aryl methyl sites for hydroxylation is 1. The monoisotopic (exact) mass is 319 g/mol. The number of H-pyrrole nitrogens is 1. The minimum absolute atomic E-state index is 0.647. The summed E-state index contributed by atoms with van der Waals surface area (Å²) in [7, 11) is 0. The van der Waals surface area contributed by atoms with E-state index in [0.717, 1.165) is 21.3 Å². The van der Waals surface area contributed by atoms with Crippen LogP contribution in [0.3, 0.4) is 0 Å². The first-order valence-electron chi connectivity index (χ1n) is 5.49. The molecule has 0 spiro atoms. The normalized spacial score (nSPS) is 11.0. The molecule has 3 aromatic rings. The molecule has 0 amide bonds. The number of pyridine rings is 1. The van der Waals surface area contributed by atoms with Gasteiger partial charge in [0.25, 0.3) is 0 Å². The van der Waals surface area contributed by atoms with Gasteiger partial charge in [-0.1, -0.05) is 6.07 Å². The van der Waals surface area contributed by atoms with Crippen LogP contribution < -0.4 is 0 Å². The second-order valence-electron chi connectivity index (χ2n) is 4.09. The number of aromatic amines is 1. The highest BCUT2D eigenvalue weighted by Crippen LogP contribution is 2.25. The Morgan fingerprint density at radius 1 is 1.33 bits per heavy atom. The molecule has 1 aromatic carbocycles. The van der Waals surface area contributed by atoms with E-state index in [1.165, 1.54) is 5.56 Å². The minimum Gasteiger partial charge on any atom is -0.329 e.